The molecule has 0 fully saturated rings. The van der Waals surface area contributed by atoms with Crippen molar-refractivity contribution >= 4 is 52.6 Å². The zero-order valence-corrected chi connectivity index (χ0v) is 29.3. The lowest BCUT2D eigenvalue weighted by Gasteiger charge is -2.18. The molecule has 0 aliphatic rings. The van der Waals surface area contributed by atoms with E-state index in [1.807, 2.05) is 71.5 Å². The van der Waals surface area contributed by atoms with Crippen molar-refractivity contribution in [3.63, 3.8) is 0 Å². The lowest BCUT2D eigenvalue weighted by Crippen LogP contribution is -2.29. The van der Waals surface area contributed by atoms with E-state index in [9.17, 15) is 9.90 Å². The van der Waals surface area contributed by atoms with Gasteiger partial charge in [-0.1, -0.05) is 41.6 Å². The average molecular weight is 716 g/mol. The molecule has 0 atom stereocenters. The summed E-state index contributed by atoms with van der Waals surface area (Å²) in [5, 5.41) is 39.4. The van der Waals surface area contributed by atoms with Gasteiger partial charge in [-0.05, 0) is 86.3 Å². The predicted molar refractivity (Wildman–Crippen MR) is 194 cm³/mol. The van der Waals surface area contributed by atoms with Crippen LogP contribution in [0.15, 0.2) is 101 Å². The molecular formula is C35H34ClN7O4S2. The molecular weight excluding hydrogens is 682 g/mol. The number of phenolic OH excluding ortho intramolecular Hbond substituents is 1. The van der Waals surface area contributed by atoms with E-state index in [0.29, 0.717) is 33.6 Å². The molecule has 0 spiro atoms. The number of halogens is 1. The number of thioether (sulfide) groups is 1. The van der Waals surface area contributed by atoms with Gasteiger partial charge in [0.05, 0.1) is 28.3 Å². The largest absolute Gasteiger partial charge is 0.507 e. The molecule has 0 unspecified atom stereocenters. The Bertz CT molecular complexity index is 2100. The number of urea groups is 1. The first-order chi connectivity index (χ1) is 23.6. The first kappa shape index (κ1) is 34.2. The Labute approximate surface area is 296 Å². The van der Waals surface area contributed by atoms with E-state index in [-0.39, 0.29) is 36.3 Å². The van der Waals surface area contributed by atoms with E-state index in [0.717, 1.165) is 26.7 Å². The molecule has 0 saturated carbocycles. The second-order valence-electron chi connectivity index (χ2n) is 11.4. The van der Waals surface area contributed by atoms with Crippen LogP contribution in [0.2, 0.25) is 5.02 Å². The van der Waals surface area contributed by atoms with Crippen LogP contribution in [-0.2, 0) is 11.3 Å². The molecule has 0 radical (unpaired) electrons. The van der Waals surface area contributed by atoms with Gasteiger partial charge in [-0.2, -0.15) is 16.9 Å². The summed E-state index contributed by atoms with van der Waals surface area (Å²) >= 11 is 9.40. The molecule has 0 saturated heterocycles. The van der Waals surface area contributed by atoms with Gasteiger partial charge in [-0.15, -0.1) is 10.2 Å². The van der Waals surface area contributed by atoms with Crippen molar-refractivity contribution in [1.82, 2.24) is 29.7 Å². The van der Waals surface area contributed by atoms with Gasteiger partial charge in [-0.25, -0.2) is 9.48 Å². The number of anilines is 1. The van der Waals surface area contributed by atoms with Gasteiger partial charge in [0.25, 0.3) is 0 Å². The van der Waals surface area contributed by atoms with E-state index in [2.05, 4.69) is 34.7 Å². The second kappa shape index (κ2) is 14.8. The molecule has 3 aromatic heterocycles. The number of ether oxygens (including phenoxy) is 1. The maximum absolute atomic E-state index is 13.3. The number of aliphatic hydroxyl groups excluding tert-OH is 1. The predicted octanol–water partition coefficient (Wildman–Crippen LogP) is 7.38. The fraction of sp³-hybridized carbons (Fsp3) is 0.200. The number of hydrogen-bond donors (Lipinski definition) is 4. The summed E-state index contributed by atoms with van der Waals surface area (Å²) in [4.78, 5) is 15.2. The number of carbonyl (C=O) groups is 1. The fourth-order valence-electron chi connectivity index (χ4n) is 4.93. The summed E-state index contributed by atoms with van der Waals surface area (Å²) in [6.45, 7) is 4.57. The molecule has 14 heteroatoms. The van der Waals surface area contributed by atoms with Crippen LogP contribution in [0.25, 0.3) is 22.7 Å². The maximum atomic E-state index is 13.3. The lowest BCUT2D eigenvalue weighted by molar-refractivity contribution is 0.201. The summed E-state index contributed by atoms with van der Waals surface area (Å²) < 4.78 is 8.73. The van der Waals surface area contributed by atoms with Crippen LogP contribution in [-0.4, -0.2) is 60.1 Å². The number of aromatic nitrogens is 5. The Morgan fingerprint density at radius 2 is 1.82 bits per heavy atom. The summed E-state index contributed by atoms with van der Waals surface area (Å²) in [5.41, 5.74) is 3.59. The third-order valence-corrected chi connectivity index (χ3v) is 10.3. The molecule has 0 aliphatic heterocycles. The number of benzene rings is 3. The molecule has 6 aromatic rings. The fourth-order valence-corrected chi connectivity index (χ4v) is 6.37. The molecule has 11 nitrogen and oxygen atoms in total. The van der Waals surface area contributed by atoms with Crippen LogP contribution in [0.5, 0.6) is 11.5 Å². The lowest BCUT2D eigenvalue weighted by atomic mass is 10.1. The van der Waals surface area contributed by atoms with Gasteiger partial charge in [0.15, 0.2) is 11.5 Å². The molecule has 3 heterocycles. The zero-order valence-electron chi connectivity index (χ0n) is 26.9. The van der Waals surface area contributed by atoms with Gasteiger partial charge < -0.3 is 20.3 Å². The van der Waals surface area contributed by atoms with Gasteiger partial charge in [0, 0.05) is 33.6 Å². The first-order valence-electron chi connectivity index (χ1n) is 15.3. The Balaban J connectivity index is 1.19. The van der Waals surface area contributed by atoms with E-state index >= 15 is 0 Å². The highest BCUT2D eigenvalue weighted by Crippen LogP contribution is 2.36. The average Bonchev–Trinajstić information content (AvgIpc) is 3.73. The van der Waals surface area contributed by atoms with Crippen molar-refractivity contribution in [3.05, 3.63) is 107 Å². The zero-order chi connectivity index (χ0) is 34.5. The minimum Gasteiger partial charge on any atom is -0.507 e. The standard InChI is InChI=1S/C35H34ClN7O4S2/c1-35(2,48-3)30-19-32(43(41-30)24-9-11-25(12-10-24)47-17-16-44)38-34(46)37-20-22-6-4-5-7-29(22)49-26-13-15-31-39-40-33(42(31)21-26)27-18-23(36)8-14-28(27)45/h4-15,18-19,21,44-45H,16-17,20H2,1-3H3,(H2,37,38,46). The van der Waals surface area contributed by atoms with Gasteiger partial charge in [0.1, 0.15) is 23.9 Å². The number of amides is 2. The van der Waals surface area contributed by atoms with Gasteiger partial charge >= 0.3 is 6.03 Å². The van der Waals surface area contributed by atoms with E-state index in [1.165, 1.54) is 17.8 Å². The summed E-state index contributed by atoms with van der Waals surface area (Å²) in [6, 6.07) is 25.3. The molecule has 49 heavy (non-hydrogen) atoms. The third kappa shape index (κ3) is 7.81. The highest BCUT2D eigenvalue weighted by molar-refractivity contribution is 7.99. The van der Waals surface area contributed by atoms with Gasteiger partial charge in [-0.3, -0.25) is 9.72 Å². The smallest absolute Gasteiger partial charge is 0.320 e. The molecule has 4 N–H and O–H groups in total. The molecule has 2 amide bonds. The van der Waals surface area contributed by atoms with Crippen molar-refractivity contribution in [1.29, 1.82) is 0 Å². The number of aliphatic hydroxyl groups is 1. The van der Waals surface area contributed by atoms with Crippen molar-refractivity contribution in [3.8, 4) is 28.6 Å². The highest BCUT2D eigenvalue weighted by Gasteiger charge is 2.25. The number of pyridine rings is 1. The quantitative estimate of drug-likeness (QED) is 0.102. The minimum atomic E-state index is -0.380. The molecule has 0 bridgehead atoms. The van der Waals surface area contributed by atoms with Crippen LogP contribution >= 0.6 is 35.1 Å². The first-order valence-corrected chi connectivity index (χ1v) is 17.7. The number of rotatable bonds is 12. The number of aromatic hydroxyl groups is 1. The van der Waals surface area contributed by atoms with Crippen LogP contribution in [0.3, 0.4) is 0 Å². The van der Waals surface area contributed by atoms with Crippen LogP contribution in [0.1, 0.15) is 25.1 Å². The van der Waals surface area contributed by atoms with E-state index in [4.69, 9.17) is 26.5 Å². The van der Waals surface area contributed by atoms with Crippen LogP contribution in [0.4, 0.5) is 10.6 Å². The number of fused-ring (bicyclic) bond motifs is 1. The number of nitrogens with zero attached hydrogens (tertiary/aromatic N) is 5. The number of hydrogen-bond acceptors (Lipinski definition) is 9. The van der Waals surface area contributed by atoms with Crippen LogP contribution < -0.4 is 15.4 Å². The maximum Gasteiger partial charge on any atom is 0.320 e. The molecule has 3 aromatic carbocycles. The van der Waals surface area contributed by atoms with Gasteiger partial charge in [0.2, 0.25) is 0 Å². The van der Waals surface area contributed by atoms with E-state index in [1.54, 1.807) is 40.7 Å². The summed E-state index contributed by atoms with van der Waals surface area (Å²) in [5.74, 6) is 1.67. The number of carbonyl (C=O) groups excluding carboxylic acids is 1. The Morgan fingerprint density at radius 3 is 2.59 bits per heavy atom. The second-order valence-corrected chi connectivity index (χ2v) is 14.4. The molecule has 252 valence electrons. The summed E-state index contributed by atoms with van der Waals surface area (Å²) in [7, 11) is 0. The number of phenols is 1. The molecule has 6 rings (SSSR count). The van der Waals surface area contributed by atoms with Crippen molar-refractivity contribution in [2.45, 2.75) is 34.9 Å². The van der Waals surface area contributed by atoms with Crippen molar-refractivity contribution < 1.29 is 19.7 Å². The molecule has 0 aliphatic carbocycles. The minimum absolute atomic E-state index is 0.0560. The Hall–Kier alpha value is -4.69. The highest BCUT2D eigenvalue weighted by atomic mass is 35.5. The van der Waals surface area contributed by atoms with Crippen molar-refractivity contribution in [2.24, 2.45) is 0 Å². The third-order valence-electron chi connectivity index (χ3n) is 7.73. The van der Waals surface area contributed by atoms with E-state index < -0.39 is 0 Å². The monoisotopic (exact) mass is 715 g/mol. The number of nitrogens with one attached hydrogen (secondary N) is 2. The summed E-state index contributed by atoms with van der Waals surface area (Å²) in [6.07, 6.45) is 3.93. The topological polar surface area (TPSA) is 139 Å². The Morgan fingerprint density at radius 1 is 1.02 bits per heavy atom. The Kier molecular flexibility index (Phi) is 10.3. The van der Waals surface area contributed by atoms with Crippen molar-refractivity contribution in [2.75, 3.05) is 24.8 Å². The van der Waals surface area contributed by atoms with Crippen LogP contribution in [0, 0.1) is 0 Å². The normalized spacial score (nSPS) is 11.5. The SMILES string of the molecule is CSC(C)(C)c1cc(NC(=O)NCc2ccccc2Sc2ccc3nnc(-c4cc(Cl)ccc4O)n3c2)n(-c2ccc(OCCO)cc2)n1.